The fraction of sp³-hybridized carbons (Fsp3) is 0.364. The quantitative estimate of drug-likeness (QED) is 0.694. The number of hydrogen-bond acceptors (Lipinski definition) is 6. The maximum Gasteiger partial charge on any atom is 0.250 e. The summed E-state index contributed by atoms with van der Waals surface area (Å²) >= 11 is 0. The molecule has 6 nitrogen and oxygen atoms in total. The van der Waals surface area contributed by atoms with Crippen molar-refractivity contribution in [2.75, 3.05) is 31.1 Å². The van der Waals surface area contributed by atoms with E-state index in [1.807, 2.05) is 4.90 Å². The number of nitrogens with zero attached hydrogens (tertiary/aromatic N) is 2. The second-order valence-corrected chi connectivity index (χ2v) is 3.96. The third-order valence-electron chi connectivity index (χ3n) is 2.96. The summed E-state index contributed by atoms with van der Waals surface area (Å²) in [7, 11) is 0. The summed E-state index contributed by atoms with van der Waals surface area (Å²) in [6, 6.07) is 0. The molecule has 1 saturated heterocycles. The van der Waals surface area contributed by atoms with Gasteiger partial charge in [0.1, 0.15) is 17.5 Å². The van der Waals surface area contributed by atoms with Crippen molar-refractivity contribution in [2.45, 2.75) is 0 Å². The first kappa shape index (κ1) is 10.2. The van der Waals surface area contributed by atoms with Crippen LogP contribution in [0.4, 0.5) is 5.69 Å². The van der Waals surface area contributed by atoms with Gasteiger partial charge in [-0.25, -0.2) is 4.98 Å². The van der Waals surface area contributed by atoms with Crippen molar-refractivity contribution < 1.29 is 4.42 Å². The Balaban J connectivity index is 2.03. The fourth-order valence-electron chi connectivity index (χ4n) is 2.12. The minimum Gasteiger partial charge on any atom is -0.444 e. The van der Waals surface area contributed by atoms with Gasteiger partial charge in [0, 0.05) is 26.2 Å². The second kappa shape index (κ2) is 3.81. The lowest BCUT2D eigenvalue weighted by molar-refractivity contribution is 0.567. The van der Waals surface area contributed by atoms with Crippen LogP contribution in [-0.4, -0.2) is 31.2 Å². The smallest absolute Gasteiger partial charge is 0.250 e. The van der Waals surface area contributed by atoms with Gasteiger partial charge in [-0.15, -0.1) is 0 Å². The standard InChI is InChI=1S/C11H11N3O3/c15-9-7(11-13-3-6-17-11)8(10(9)16)14-4-1-12-2-5-14/h3,6,12H,1-2,4-5H2. The number of nitrogens with one attached hydrogen (secondary N) is 1. The first-order chi connectivity index (χ1) is 8.29. The van der Waals surface area contributed by atoms with Gasteiger partial charge in [0.05, 0.1) is 6.20 Å². The predicted octanol–water partition coefficient (Wildman–Crippen LogP) is -0.653. The van der Waals surface area contributed by atoms with Crippen molar-refractivity contribution >= 4 is 5.69 Å². The van der Waals surface area contributed by atoms with Crippen LogP contribution in [0, 0.1) is 0 Å². The van der Waals surface area contributed by atoms with Gasteiger partial charge in [-0.3, -0.25) is 9.59 Å². The Morgan fingerprint density at radius 3 is 2.65 bits per heavy atom. The molecule has 3 rings (SSSR count). The van der Waals surface area contributed by atoms with Crippen LogP contribution in [-0.2, 0) is 0 Å². The predicted molar refractivity (Wildman–Crippen MR) is 61.9 cm³/mol. The van der Waals surface area contributed by atoms with Crippen molar-refractivity contribution in [3.05, 3.63) is 32.9 Å². The molecule has 6 heteroatoms. The van der Waals surface area contributed by atoms with Crippen LogP contribution in [0.15, 0.2) is 26.5 Å². The van der Waals surface area contributed by atoms with Crippen molar-refractivity contribution in [1.82, 2.24) is 10.3 Å². The molecule has 0 unspecified atom stereocenters. The molecule has 0 spiro atoms. The summed E-state index contributed by atoms with van der Waals surface area (Å²) < 4.78 is 5.09. The summed E-state index contributed by atoms with van der Waals surface area (Å²) in [5.41, 5.74) is -0.151. The molecule has 0 aliphatic carbocycles. The average Bonchev–Trinajstić information content (AvgIpc) is 2.88. The molecule has 1 N–H and O–H groups in total. The van der Waals surface area contributed by atoms with E-state index in [-0.39, 0.29) is 5.89 Å². The van der Waals surface area contributed by atoms with Crippen molar-refractivity contribution in [1.29, 1.82) is 0 Å². The minimum absolute atomic E-state index is 0.239. The molecule has 1 fully saturated rings. The maximum absolute atomic E-state index is 11.6. The molecule has 0 saturated carbocycles. The molecule has 1 aliphatic heterocycles. The highest BCUT2D eigenvalue weighted by molar-refractivity contribution is 5.78. The highest BCUT2D eigenvalue weighted by atomic mass is 16.3. The van der Waals surface area contributed by atoms with E-state index in [0.717, 1.165) is 26.2 Å². The second-order valence-electron chi connectivity index (χ2n) is 3.96. The molecule has 17 heavy (non-hydrogen) atoms. The largest absolute Gasteiger partial charge is 0.444 e. The van der Waals surface area contributed by atoms with Crippen LogP contribution in [0.25, 0.3) is 11.5 Å². The summed E-state index contributed by atoms with van der Waals surface area (Å²) in [5, 5.41) is 3.19. The van der Waals surface area contributed by atoms with E-state index in [4.69, 9.17) is 4.42 Å². The van der Waals surface area contributed by atoms with Crippen LogP contribution in [0.2, 0.25) is 0 Å². The maximum atomic E-state index is 11.6. The summed E-state index contributed by atoms with van der Waals surface area (Å²) in [6.45, 7) is 3.06. The SMILES string of the molecule is O=c1c(-c2ncco2)c(N2CCNCC2)c1=O. The fourth-order valence-corrected chi connectivity index (χ4v) is 2.12. The highest BCUT2D eigenvalue weighted by Crippen LogP contribution is 2.25. The topological polar surface area (TPSA) is 75.4 Å². The van der Waals surface area contributed by atoms with Crippen molar-refractivity contribution in [2.24, 2.45) is 0 Å². The Hall–Kier alpha value is -1.95. The van der Waals surface area contributed by atoms with Gasteiger partial charge in [-0.05, 0) is 0 Å². The molecule has 0 radical (unpaired) electrons. The Morgan fingerprint density at radius 2 is 2.00 bits per heavy atom. The van der Waals surface area contributed by atoms with Crippen LogP contribution in [0.3, 0.4) is 0 Å². The van der Waals surface area contributed by atoms with E-state index >= 15 is 0 Å². The number of rotatable bonds is 2. The third-order valence-corrected chi connectivity index (χ3v) is 2.96. The summed E-state index contributed by atoms with van der Waals surface area (Å²) in [4.78, 5) is 29.0. The molecule has 88 valence electrons. The van der Waals surface area contributed by atoms with E-state index in [1.54, 1.807) is 0 Å². The van der Waals surface area contributed by atoms with Gasteiger partial charge in [-0.2, -0.15) is 0 Å². The molecule has 1 aliphatic rings. The highest BCUT2D eigenvalue weighted by Gasteiger charge is 2.29. The molecule has 0 bridgehead atoms. The molecule has 2 heterocycles. The first-order valence-electron chi connectivity index (χ1n) is 5.48. The number of anilines is 1. The third kappa shape index (κ3) is 1.49. The lowest BCUT2D eigenvalue weighted by atomic mass is 10.1. The van der Waals surface area contributed by atoms with Crippen molar-refractivity contribution in [3.63, 3.8) is 0 Å². The van der Waals surface area contributed by atoms with E-state index < -0.39 is 10.9 Å². The molecular formula is C11H11N3O3. The van der Waals surface area contributed by atoms with E-state index in [0.29, 0.717) is 11.3 Å². The molecule has 0 atom stereocenters. The summed E-state index contributed by atoms with van der Waals surface area (Å²) in [5.74, 6) is 0.239. The lowest BCUT2D eigenvalue weighted by Gasteiger charge is -2.30. The van der Waals surface area contributed by atoms with Crippen LogP contribution >= 0.6 is 0 Å². The number of piperazine rings is 1. The zero-order valence-electron chi connectivity index (χ0n) is 9.10. The zero-order valence-corrected chi connectivity index (χ0v) is 9.10. The van der Waals surface area contributed by atoms with E-state index in [9.17, 15) is 9.59 Å². The molecular weight excluding hydrogens is 222 g/mol. The van der Waals surface area contributed by atoms with Gasteiger partial charge in [-0.1, -0.05) is 0 Å². The number of aromatic nitrogens is 1. The van der Waals surface area contributed by atoms with Crippen LogP contribution < -0.4 is 21.1 Å². The normalized spacial score (nSPS) is 16.6. The Morgan fingerprint density at radius 1 is 1.24 bits per heavy atom. The molecule has 1 aromatic carbocycles. The molecule has 0 amide bonds. The molecule has 2 aromatic rings. The van der Waals surface area contributed by atoms with Crippen LogP contribution in [0.5, 0.6) is 0 Å². The Kier molecular flexibility index (Phi) is 2.29. The van der Waals surface area contributed by atoms with Gasteiger partial charge in [0.15, 0.2) is 0 Å². The van der Waals surface area contributed by atoms with Gasteiger partial charge >= 0.3 is 0 Å². The minimum atomic E-state index is -0.499. The summed E-state index contributed by atoms with van der Waals surface area (Å²) in [6.07, 6.45) is 2.86. The average molecular weight is 233 g/mol. The Labute approximate surface area is 96.6 Å². The van der Waals surface area contributed by atoms with Gasteiger partial charge in [0.25, 0.3) is 5.43 Å². The molecule has 1 aromatic heterocycles. The van der Waals surface area contributed by atoms with E-state index in [2.05, 4.69) is 10.3 Å². The first-order valence-corrected chi connectivity index (χ1v) is 5.48. The lowest BCUT2D eigenvalue weighted by Crippen LogP contribution is -2.50. The monoisotopic (exact) mass is 233 g/mol. The van der Waals surface area contributed by atoms with E-state index in [1.165, 1.54) is 12.5 Å². The zero-order chi connectivity index (χ0) is 11.8. The van der Waals surface area contributed by atoms with Crippen molar-refractivity contribution in [3.8, 4) is 11.5 Å². The number of hydrogen-bond donors (Lipinski definition) is 1. The van der Waals surface area contributed by atoms with Crippen LogP contribution in [0.1, 0.15) is 0 Å². The van der Waals surface area contributed by atoms with Gasteiger partial charge in [0.2, 0.25) is 11.3 Å². The Bertz CT molecular complexity index is 590. The van der Waals surface area contributed by atoms with Gasteiger partial charge < -0.3 is 14.6 Å². The number of oxazole rings is 1.